The van der Waals surface area contributed by atoms with E-state index >= 15 is 0 Å². The molecule has 0 spiro atoms. The normalized spacial score (nSPS) is 11.0. The Hall–Kier alpha value is -2.28. The van der Waals surface area contributed by atoms with Crippen molar-refractivity contribution >= 4 is 11.9 Å². The van der Waals surface area contributed by atoms with Crippen LogP contribution in [0, 0.1) is 0 Å². The number of anilines is 2. The lowest BCUT2D eigenvalue weighted by Crippen LogP contribution is -2.22. The van der Waals surface area contributed by atoms with Crippen LogP contribution in [-0.4, -0.2) is 45.9 Å². The number of nitrogen functional groups attached to an aromatic ring is 1. The summed E-state index contributed by atoms with van der Waals surface area (Å²) in [5, 5.41) is 7.19. The van der Waals surface area contributed by atoms with Gasteiger partial charge in [-0.2, -0.15) is 4.98 Å². The highest BCUT2D eigenvalue weighted by atomic mass is 16.5. The Morgan fingerprint density at radius 2 is 2.08 bits per heavy atom. The van der Waals surface area contributed by atoms with Gasteiger partial charge in [0, 0.05) is 20.1 Å². The molecule has 0 saturated heterocycles. The van der Waals surface area contributed by atoms with Gasteiger partial charge in [-0.15, -0.1) is 5.10 Å². The lowest BCUT2D eigenvalue weighted by atomic mass is 10.2. The number of benzene rings is 1. The van der Waals surface area contributed by atoms with E-state index in [0.717, 1.165) is 38.3 Å². The zero-order valence-electron chi connectivity index (χ0n) is 14.8. The molecule has 0 unspecified atom stereocenters. The maximum Gasteiger partial charge on any atom is 0.241 e. The van der Waals surface area contributed by atoms with Crippen LogP contribution < -0.4 is 15.8 Å². The third kappa shape index (κ3) is 5.42. The van der Waals surface area contributed by atoms with Crippen molar-refractivity contribution in [1.29, 1.82) is 0 Å². The summed E-state index contributed by atoms with van der Waals surface area (Å²) in [6.45, 7) is 8.84. The molecule has 2 rings (SSSR count). The molecule has 0 aliphatic carbocycles. The first-order valence-corrected chi connectivity index (χ1v) is 8.46. The molecule has 132 valence electrons. The van der Waals surface area contributed by atoms with Gasteiger partial charge in [0.1, 0.15) is 5.75 Å². The third-order valence-electron chi connectivity index (χ3n) is 3.85. The van der Waals surface area contributed by atoms with E-state index < -0.39 is 0 Å². The van der Waals surface area contributed by atoms with Crippen molar-refractivity contribution in [3.05, 3.63) is 29.8 Å². The predicted octanol–water partition coefficient (Wildman–Crippen LogP) is 2.12. The molecule has 2 aromatic rings. The van der Waals surface area contributed by atoms with Crippen molar-refractivity contribution in [1.82, 2.24) is 19.7 Å². The summed E-state index contributed by atoms with van der Waals surface area (Å²) in [6.07, 6.45) is 0.868. The van der Waals surface area contributed by atoms with Crippen molar-refractivity contribution < 1.29 is 4.74 Å². The zero-order chi connectivity index (χ0) is 17.4. The molecular weight excluding hydrogens is 304 g/mol. The molecule has 7 heteroatoms. The van der Waals surface area contributed by atoms with Crippen LogP contribution in [0.3, 0.4) is 0 Å². The number of aryl methyl sites for hydroxylation is 1. The van der Waals surface area contributed by atoms with E-state index in [-0.39, 0.29) is 5.95 Å². The first kappa shape index (κ1) is 18.1. The Bertz CT molecular complexity index is 623. The van der Waals surface area contributed by atoms with E-state index in [1.807, 2.05) is 13.1 Å². The quantitative estimate of drug-likeness (QED) is 0.649. The molecule has 0 atom stereocenters. The Labute approximate surface area is 143 Å². The molecule has 7 nitrogen and oxygen atoms in total. The predicted molar refractivity (Wildman–Crippen MR) is 97.1 cm³/mol. The summed E-state index contributed by atoms with van der Waals surface area (Å²) in [4.78, 5) is 6.48. The Kier molecular flexibility index (Phi) is 6.87. The maximum absolute atomic E-state index is 5.84. The molecule has 1 aromatic carbocycles. The maximum atomic E-state index is 5.84. The molecule has 24 heavy (non-hydrogen) atoms. The summed E-state index contributed by atoms with van der Waals surface area (Å²) >= 11 is 0. The highest BCUT2D eigenvalue weighted by Crippen LogP contribution is 2.15. The minimum absolute atomic E-state index is 0.279. The van der Waals surface area contributed by atoms with Crippen LogP contribution in [0.4, 0.5) is 11.9 Å². The van der Waals surface area contributed by atoms with Gasteiger partial charge >= 0.3 is 0 Å². The molecule has 0 radical (unpaired) electrons. The average Bonchev–Trinajstić information content (AvgIpc) is 2.90. The fourth-order valence-electron chi connectivity index (χ4n) is 2.46. The molecule has 1 heterocycles. The largest absolute Gasteiger partial charge is 0.494 e. The summed E-state index contributed by atoms with van der Waals surface area (Å²) in [5.41, 5.74) is 6.82. The van der Waals surface area contributed by atoms with E-state index in [1.165, 1.54) is 5.56 Å². The third-order valence-corrected chi connectivity index (χ3v) is 3.85. The summed E-state index contributed by atoms with van der Waals surface area (Å²) in [7, 11) is 1.81. The van der Waals surface area contributed by atoms with Crippen LogP contribution in [0.2, 0.25) is 0 Å². The average molecular weight is 332 g/mol. The van der Waals surface area contributed by atoms with Crippen LogP contribution in [0.1, 0.15) is 25.8 Å². The van der Waals surface area contributed by atoms with E-state index in [4.69, 9.17) is 10.5 Å². The second-order valence-corrected chi connectivity index (χ2v) is 5.65. The zero-order valence-corrected chi connectivity index (χ0v) is 14.8. The fourth-order valence-corrected chi connectivity index (χ4v) is 2.46. The lowest BCUT2D eigenvalue weighted by Gasteiger charge is -2.18. The standard InChI is InChI=1S/C17H28N6O/c1-4-23(5-2)13-14-8-6-9-15(12-14)24-11-7-10-19-17-20-16(18)21-22(17)3/h6,8-9,12H,4-5,7,10-11,13H2,1-3H3,(H3,18,19,20,21). The van der Waals surface area contributed by atoms with Gasteiger partial charge in [0.05, 0.1) is 6.61 Å². The van der Waals surface area contributed by atoms with Crippen LogP contribution in [0.5, 0.6) is 5.75 Å². The van der Waals surface area contributed by atoms with Crippen LogP contribution in [0.25, 0.3) is 0 Å². The second kappa shape index (κ2) is 9.12. The molecule has 0 amide bonds. The smallest absolute Gasteiger partial charge is 0.241 e. The van der Waals surface area contributed by atoms with Crippen molar-refractivity contribution in [3.63, 3.8) is 0 Å². The number of aromatic nitrogens is 3. The Morgan fingerprint density at radius 1 is 1.29 bits per heavy atom. The van der Waals surface area contributed by atoms with Crippen LogP contribution in [-0.2, 0) is 13.6 Å². The number of nitrogens with two attached hydrogens (primary N) is 1. The first-order valence-electron chi connectivity index (χ1n) is 8.46. The summed E-state index contributed by atoms with van der Waals surface area (Å²) < 4.78 is 7.47. The molecular formula is C17H28N6O. The molecule has 1 aromatic heterocycles. The van der Waals surface area contributed by atoms with Crippen LogP contribution >= 0.6 is 0 Å². The molecule has 0 bridgehead atoms. The molecule has 0 aliphatic heterocycles. The number of nitrogens with one attached hydrogen (secondary N) is 1. The Balaban J connectivity index is 1.73. The minimum Gasteiger partial charge on any atom is -0.494 e. The topological polar surface area (TPSA) is 81.2 Å². The van der Waals surface area contributed by atoms with Gasteiger partial charge in [-0.05, 0) is 37.2 Å². The van der Waals surface area contributed by atoms with Gasteiger partial charge in [0.25, 0.3) is 0 Å². The highest BCUT2D eigenvalue weighted by molar-refractivity contribution is 5.31. The van der Waals surface area contributed by atoms with Crippen molar-refractivity contribution in [3.8, 4) is 5.75 Å². The minimum atomic E-state index is 0.279. The van der Waals surface area contributed by atoms with Gasteiger partial charge in [0.2, 0.25) is 11.9 Å². The molecule has 0 saturated carbocycles. The molecule has 0 fully saturated rings. The van der Waals surface area contributed by atoms with Gasteiger partial charge in [0.15, 0.2) is 0 Å². The van der Waals surface area contributed by atoms with E-state index in [2.05, 4.69) is 52.3 Å². The van der Waals surface area contributed by atoms with E-state index in [1.54, 1.807) is 4.68 Å². The number of rotatable bonds is 10. The van der Waals surface area contributed by atoms with Crippen molar-refractivity contribution in [2.75, 3.05) is 37.3 Å². The Morgan fingerprint density at radius 3 is 2.75 bits per heavy atom. The number of hydrogen-bond acceptors (Lipinski definition) is 6. The monoisotopic (exact) mass is 332 g/mol. The number of nitrogens with zero attached hydrogens (tertiary/aromatic N) is 4. The fraction of sp³-hybridized carbons (Fsp3) is 0.529. The number of ether oxygens (including phenoxy) is 1. The van der Waals surface area contributed by atoms with Crippen molar-refractivity contribution in [2.24, 2.45) is 7.05 Å². The molecule has 3 N–H and O–H groups in total. The van der Waals surface area contributed by atoms with Crippen molar-refractivity contribution in [2.45, 2.75) is 26.8 Å². The highest BCUT2D eigenvalue weighted by Gasteiger charge is 2.04. The first-order chi connectivity index (χ1) is 11.6. The SMILES string of the molecule is CCN(CC)Cc1cccc(OCCCNc2nc(N)nn2C)c1. The lowest BCUT2D eigenvalue weighted by molar-refractivity contribution is 0.292. The van der Waals surface area contributed by atoms with E-state index in [0.29, 0.717) is 12.6 Å². The van der Waals surface area contributed by atoms with E-state index in [9.17, 15) is 0 Å². The van der Waals surface area contributed by atoms with Gasteiger partial charge in [-0.3, -0.25) is 4.90 Å². The van der Waals surface area contributed by atoms with Crippen LogP contribution in [0.15, 0.2) is 24.3 Å². The molecule has 0 aliphatic rings. The van der Waals surface area contributed by atoms with Gasteiger partial charge in [-0.1, -0.05) is 26.0 Å². The summed E-state index contributed by atoms with van der Waals surface area (Å²) in [6, 6.07) is 8.32. The van der Waals surface area contributed by atoms with Gasteiger partial charge in [-0.25, -0.2) is 4.68 Å². The summed E-state index contributed by atoms with van der Waals surface area (Å²) in [5.74, 6) is 1.87. The van der Waals surface area contributed by atoms with Gasteiger partial charge < -0.3 is 15.8 Å². The second-order valence-electron chi connectivity index (χ2n) is 5.65. The number of hydrogen-bond donors (Lipinski definition) is 2.